The average molecular weight is 570 g/mol. The predicted molar refractivity (Wildman–Crippen MR) is 161 cm³/mol. The second-order valence-corrected chi connectivity index (χ2v) is 10.9. The Morgan fingerprint density at radius 3 is 2.36 bits per heavy atom. The number of fused-ring (bicyclic) bond motifs is 2. The van der Waals surface area contributed by atoms with E-state index in [0.717, 1.165) is 17.5 Å². The Balaban J connectivity index is 1.67. The van der Waals surface area contributed by atoms with Crippen molar-refractivity contribution < 1.29 is 28.2 Å². The number of carbonyl (C=O) groups is 2. The Morgan fingerprint density at radius 2 is 1.69 bits per heavy atom. The topological polar surface area (TPSA) is 95.3 Å². The molecule has 1 aliphatic rings. The fraction of sp³-hybridized carbons (Fsp3) is 0.324. The first-order chi connectivity index (χ1) is 20.1. The van der Waals surface area contributed by atoms with Crippen LogP contribution in [0.3, 0.4) is 0 Å². The van der Waals surface area contributed by atoms with E-state index in [1.165, 1.54) is 4.90 Å². The van der Waals surface area contributed by atoms with Gasteiger partial charge in [-0.3, -0.25) is 14.5 Å². The second-order valence-electron chi connectivity index (χ2n) is 10.9. The van der Waals surface area contributed by atoms with Crippen molar-refractivity contribution in [2.75, 3.05) is 25.2 Å². The molecule has 42 heavy (non-hydrogen) atoms. The van der Waals surface area contributed by atoms with Crippen LogP contribution in [0, 0.1) is 19.8 Å². The normalized spacial score (nSPS) is 14.4. The zero-order valence-corrected chi connectivity index (χ0v) is 24.8. The van der Waals surface area contributed by atoms with Crippen molar-refractivity contribution in [1.82, 2.24) is 0 Å². The van der Waals surface area contributed by atoms with E-state index in [1.54, 1.807) is 62.6 Å². The van der Waals surface area contributed by atoms with E-state index in [2.05, 4.69) is 13.8 Å². The minimum atomic E-state index is -0.804. The van der Waals surface area contributed by atoms with Crippen LogP contribution in [0.4, 0.5) is 5.69 Å². The summed E-state index contributed by atoms with van der Waals surface area (Å²) in [5.41, 5.74) is 3.76. The summed E-state index contributed by atoms with van der Waals surface area (Å²) >= 11 is 0. The van der Waals surface area contributed by atoms with Crippen molar-refractivity contribution in [2.45, 2.75) is 47.1 Å². The SMILES string of the molecule is CCOC(=O)c1ccc(N2C(=O)c3oc4cc(C)c(C)cc4c(=O)c3C2c2ccc(OCCC(C)C)c(OC)c2)cc1. The van der Waals surface area contributed by atoms with E-state index in [0.29, 0.717) is 51.8 Å². The molecular formula is C34H35NO7. The van der Waals surface area contributed by atoms with E-state index >= 15 is 0 Å². The number of ether oxygens (including phenoxy) is 3. The summed E-state index contributed by atoms with van der Waals surface area (Å²) in [5, 5.41) is 0.412. The van der Waals surface area contributed by atoms with E-state index in [1.807, 2.05) is 19.9 Å². The average Bonchev–Trinajstić information content (AvgIpc) is 3.26. The van der Waals surface area contributed by atoms with Crippen LogP contribution in [0.2, 0.25) is 0 Å². The highest BCUT2D eigenvalue weighted by molar-refractivity contribution is 6.11. The molecule has 1 aromatic heterocycles. The number of methoxy groups -OCH3 is 1. The maximum atomic E-state index is 14.1. The monoisotopic (exact) mass is 569 g/mol. The molecule has 5 rings (SSSR count). The summed E-state index contributed by atoms with van der Waals surface area (Å²) < 4.78 is 22.9. The van der Waals surface area contributed by atoms with Crippen LogP contribution in [-0.4, -0.2) is 32.2 Å². The minimum Gasteiger partial charge on any atom is -0.493 e. The number of amides is 1. The molecule has 0 saturated carbocycles. The van der Waals surface area contributed by atoms with Gasteiger partial charge in [0.15, 0.2) is 16.9 Å². The van der Waals surface area contributed by atoms with E-state index < -0.39 is 17.9 Å². The first-order valence-electron chi connectivity index (χ1n) is 14.1. The molecular weight excluding hydrogens is 534 g/mol. The lowest BCUT2D eigenvalue weighted by molar-refractivity contribution is 0.0526. The van der Waals surface area contributed by atoms with Crippen molar-refractivity contribution >= 4 is 28.5 Å². The summed E-state index contributed by atoms with van der Waals surface area (Å²) in [4.78, 5) is 41.9. The van der Waals surface area contributed by atoms with Gasteiger partial charge in [-0.25, -0.2) is 4.79 Å². The van der Waals surface area contributed by atoms with Gasteiger partial charge in [0.05, 0.1) is 42.9 Å². The maximum absolute atomic E-state index is 14.1. The lowest BCUT2D eigenvalue weighted by Crippen LogP contribution is -2.29. The van der Waals surface area contributed by atoms with Crippen molar-refractivity contribution in [3.63, 3.8) is 0 Å². The fourth-order valence-corrected chi connectivity index (χ4v) is 5.16. The van der Waals surface area contributed by atoms with Gasteiger partial charge in [-0.15, -0.1) is 0 Å². The molecule has 8 heteroatoms. The highest BCUT2D eigenvalue weighted by atomic mass is 16.5. The van der Waals surface area contributed by atoms with Crippen LogP contribution in [0.15, 0.2) is 63.8 Å². The van der Waals surface area contributed by atoms with Gasteiger partial charge in [0, 0.05) is 5.69 Å². The summed E-state index contributed by atoms with van der Waals surface area (Å²) in [6, 6.07) is 14.8. The molecule has 1 unspecified atom stereocenters. The molecule has 0 saturated heterocycles. The largest absolute Gasteiger partial charge is 0.493 e. The Labute approximate surface area is 244 Å². The predicted octanol–water partition coefficient (Wildman–Crippen LogP) is 6.77. The van der Waals surface area contributed by atoms with Crippen LogP contribution in [0.25, 0.3) is 11.0 Å². The molecule has 218 valence electrons. The van der Waals surface area contributed by atoms with Gasteiger partial charge in [-0.2, -0.15) is 0 Å². The summed E-state index contributed by atoms with van der Waals surface area (Å²) in [6.45, 7) is 10.6. The van der Waals surface area contributed by atoms with Gasteiger partial charge in [-0.05, 0) is 98.3 Å². The highest BCUT2D eigenvalue weighted by Gasteiger charge is 2.44. The van der Waals surface area contributed by atoms with Crippen LogP contribution in [0.5, 0.6) is 11.5 Å². The van der Waals surface area contributed by atoms with E-state index in [-0.39, 0.29) is 23.4 Å². The molecule has 8 nitrogen and oxygen atoms in total. The Kier molecular flexibility index (Phi) is 8.07. The lowest BCUT2D eigenvalue weighted by Gasteiger charge is -2.26. The first kappa shape index (κ1) is 28.9. The maximum Gasteiger partial charge on any atom is 0.338 e. The van der Waals surface area contributed by atoms with Crippen LogP contribution in [0.1, 0.15) is 76.4 Å². The lowest BCUT2D eigenvalue weighted by atomic mass is 9.96. The highest BCUT2D eigenvalue weighted by Crippen LogP contribution is 2.43. The standard InChI is InChI=1S/C34H35NO7/c1-7-40-34(38)22-8-11-24(12-9-22)35-30(23-10-13-26(28(18-23)39-6)41-15-14-19(2)3)29-31(36)25-16-20(4)21(5)17-27(25)42-32(29)33(35)37/h8-13,16-19,30H,7,14-15H2,1-6H3. The quantitative estimate of drug-likeness (QED) is 0.205. The summed E-state index contributed by atoms with van der Waals surface area (Å²) in [5.74, 6) is 0.642. The molecule has 4 aromatic rings. The van der Waals surface area contributed by atoms with Crippen molar-refractivity contribution in [3.8, 4) is 11.5 Å². The van der Waals surface area contributed by atoms with E-state index in [4.69, 9.17) is 18.6 Å². The summed E-state index contributed by atoms with van der Waals surface area (Å²) in [7, 11) is 1.56. The van der Waals surface area contributed by atoms with E-state index in [9.17, 15) is 14.4 Å². The van der Waals surface area contributed by atoms with Crippen LogP contribution in [-0.2, 0) is 4.74 Å². The van der Waals surface area contributed by atoms with Crippen molar-refractivity contribution in [2.24, 2.45) is 5.92 Å². The van der Waals surface area contributed by atoms with Gasteiger partial charge in [0.2, 0.25) is 5.76 Å². The number of anilines is 1. The first-order valence-corrected chi connectivity index (χ1v) is 14.1. The number of carbonyl (C=O) groups excluding carboxylic acids is 2. The minimum absolute atomic E-state index is 0.00792. The second kappa shape index (κ2) is 11.7. The molecule has 0 radical (unpaired) electrons. The van der Waals surface area contributed by atoms with Gasteiger partial charge in [-0.1, -0.05) is 19.9 Å². The van der Waals surface area contributed by atoms with Crippen LogP contribution < -0.4 is 19.8 Å². The molecule has 0 bridgehead atoms. The Hall–Kier alpha value is -4.59. The molecule has 2 heterocycles. The van der Waals surface area contributed by atoms with Crippen molar-refractivity contribution in [3.05, 3.63) is 98.4 Å². The third kappa shape index (κ3) is 5.24. The number of nitrogens with zero attached hydrogens (tertiary/aromatic N) is 1. The van der Waals surface area contributed by atoms with Gasteiger partial charge in [0.25, 0.3) is 5.91 Å². The number of hydrogen-bond acceptors (Lipinski definition) is 7. The molecule has 1 amide bonds. The zero-order valence-electron chi connectivity index (χ0n) is 24.8. The molecule has 1 aliphatic heterocycles. The van der Waals surface area contributed by atoms with Crippen molar-refractivity contribution in [1.29, 1.82) is 0 Å². The summed E-state index contributed by atoms with van der Waals surface area (Å²) in [6.07, 6.45) is 0.887. The van der Waals surface area contributed by atoms with Gasteiger partial charge >= 0.3 is 5.97 Å². The molecule has 0 N–H and O–H groups in total. The number of rotatable bonds is 9. The molecule has 1 atom stereocenters. The third-order valence-electron chi connectivity index (χ3n) is 7.60. The molecule has 0 aliphatic carbocycles. The number of esters is 1. The zero-order chi connectivity index (χ0) is 30.1. The number of aryl methyl sites for hydroxylation is 2. The number of hydrogen-bond donors (Lipinski definition) is 0. The molecule has 0 spiro atoms. The third-order valence-corrected chi connectivity index (χ3v) is 7.60. The fourth-order valence-electron chi connectivity index (χ4n) is 5.16. The molecule has 3 aromatic carbocycles. The van der Waals surface area contributed by atoms with Gasteiger partial charge in [0.1, 0.15) is 5.58 Å². The molecule has 0 fully saturated rings. The number of benzene rings is 3. The van der Waals surface area contributed by atoms with Crippen LogP contribution >= 0.6 is 0 Å². The Bertz CT molecular complexity index is 1720. The Morgan fingerprint density at radius 1 is 0.976 bits per heavy atom. The smallest absolute Gasteiger partial charge is 0.338 e. The van der Waals surface area contributed by atoms with Gasteiger partial charge < -0.3 is 18.6 Å².